The Balaban J connectivity index is 1.66. The third-order valence-electron chi connectivity index (χ3n) is 4.35. The van der Waals surface area contributed by atoms with Gasteiger partial charge < -0.3 is 14.6 Å². The van der Waals surface area contributed by atoms with E-state index < -0.39 is 0 Å². The maximum Gasteiger partial charge on any atom is 0.258 e. The van der Waals surface area contributed by atoms with Crippen molar-refractivity contribution in [3.63, 3.8) is 0 Å². The van der Waals surface area contributed by atoms with E-state index in [0.717, 1.165) is 16.5 Å². The van der Waals surface area contributed by atoms with Gasteiger partial charge in [0, 0.05) is 34.6 Å². The first-order valence-corrected chi connectivity index (χ1v) is 9.00. The van der Waals surface area contributed by atoms with E-state index in [1.165, 1.54) is 6.08 Å². The number of hydrogen-bond acceptors (Lipinski definition) is 3. The minimum absolute atomic E-state index is 0.000122. The third-order valence-corrected chi connectivity index (χ3v) is 4.78. The van der Waals surface area contributed by atoms with Gasteiger partial charge in [0.05, 0.1) is 5.69 Å². The highest BCUT2D eigenvalue weighted by atomic mass is 79.9. The van der Waals surface area contributed by atoms with Gasteiger partial charge in [-0.2, -0.15) is 0 Å². The van der Waals surface area contributed by atoms with Gasteiger partial charge in [-0.25, -0.2) is 0 Å². The summed E-state index contributed by atoms with van der Waals surface area (Å²) in [5.41, 5.74) is 2.23. The summed E-state index contributed by atoms with van der Waals surface area (Å²) in [6.45, 7) is 2.55. The van der Waals surface area contributed by atoms with Crippen molar-refractivity contribution < 1.29 is 14.0 Å². The molecule has 6 heteroatoms. The van der Waals surface area contributed by atoms with Crippen LogP contribution in [0.3, 0.4) is 0 Å². The molecule has 4 rings (SSSR count). The number of halogens is 1. The molecule has 0 saturated heterocycles. The Labute approximate surface area is 158 Å². The molecule has 0 atom stereocenters. The van der Waals surface area contributed by atoms with Gasteiger partial charge in [-0.05, 0) is 59.3 Å². The quantitative estimate of drug-likeness (QED) is 0.626. The van der Waals surface area contributed by atoms with Crippen LogP contribution < -0.4 is 10.2 Å². The van der Waals surface area contributed by atoms with Crippen LogP contribution in [0.1, 0.15) is 23.0 Å². The van der Waals surface area contributed by atoms with Crippen molar-refractivity contribution in [2.45, 2.75) is 6.92 Å². The van der Waals surface area contributed by atoms with Crippen molar-refractivity contribution in [1.29, 1.82) is 0 Å². The zero-order chi connectivity index (χ0) is 18.3. The SMILES string of the molecule is CCN1C(=O)c2cccc3c(NC(=O)C=Cc4ccc(Br)o4)ccc1c23. The predicted molar refractivity (Wildman–Crippen MR) is 105 cm³/mol. The Hall–Kier alpha value is -2.86. The summed E-state index contributed by atoms with van der Waals surface area (Å²) in [4.78, 5) is 26.5. The number of benzene rings is 2. The summed E-state index contributed by atoms with van der Waals surface area (Å²) in [5.74, 6) is 0.311. The van der Waals surface area contributed by atoms with Gasteiger partial charge in [0.2, 0.25) is 5.91 Å². The van der Waals surface area contributed by atoms with Crippen molar-refractivity contribution in [2.75, 3.05) is 16.8 Å². The highest BCUT2D eigenvalue weighted by molar-refractivity contribution is 9.10. The number of rotatable bonds is 4. The minimum Gasteiger partial charge on any atom is -0.450 e. The molecule has 0 saturated carbocycles. The second-order valence-corrected chi connectivity index (χ2v) is 6.66. The molecule has 1 aliphatic heterocycles. The van der Waals surface area contributed by atoms with Crippen LogP contribution in [-0.2, 0) is 4.79 Å². The second kappa shape index (κ2) is 6.46. The number of anilines is 2. The molecule has 0 unspecified atom stereocenters. The van der Waals surface area contributed by atoms with Crippen LogP contribution in [0, 0.1) is 0 Å². The molecule has 1 N–H and O–H groups in total. The first kappa shape index (κ1) is 16.6. The molecule has 3 aromatic rings. The molecule has 0 aliphatic carbocycles. The lowest BCUT2D eigenvalue weighted by molar-refractivity contribution is -0.111. The minimum atomic E-state index is -0.269. The molecular weight excluding hydrogens is 396 g/mol. The zero-order valence-electron chi connectivity index (χ0n) is 14.0. The number of nitrogens with one attached hydrogen (secondary N) is 1. The summed E-state index contributed by atoms with van der Waals surface area (Å²) < 4.78 is 5.94. The van der Waals surface area contributed by atoms with Crippen LogP contribution in [0.2, 0.25) is 0 Å². The fourth-order valence-electron chi connectivity index (χ4n) is 3.22. The molecule has 2 amide bonds. The van der Waals surface area contributed by atoms with Crippen molar-refractivity contribution in [1.82, 2.24) is 0 Å². The molecule has 1 aromatic heterocycles. The highest BCUT2D eigenvalue weighted by Crippen LogP contribution is 2.40. The van der Waals surface area contributed by atoms with Gasteiger partial charge in [-0.3, -0.25) is 9.59 Å². The van der Waals surface area contributed by atoms with E-state index in [2.05, 4.69) is 21.2 Å². The number of hydrogen-bond donors (Lipinski definition) is 1. The lowest BCUT2D eigenvalue weighted by Crippen LogP contribution is -2.25. The van der Waals surface area contributed by atoms with Gasteiger partial charge in [-0.15, -0.1) is 0 Å². The monoisotopic (exact) mass is 410 g/mol. The number of nitrogens with zero attached hydrogens (tertiary/aromatic N) is 1. The predicted octanol–water partition coefficient (Wildman–Crippen LogP) is 4.83. The van der Waals surface area contributed by atoms with Gasteiger partial charge in [0.15, 0.2) is 4.67 Å². The zero-order valence-corrected chi connectivity index (χ0v) is 15.5. The maximum absolute atomic E-state index is 12.5. The Kier molecular flexibility index (Phi) is 4.12. The first-order chi connectivity index (χ1) is 12.6. The van der Waals surface area contributed by atoms with E-state index in [0.29, 0.717) is 28.2 Å². The van der Waals surface area contributed by atoms with Crippen molar-refractivity contribution >= 4 is 56.0 Å². The lowest BCUT2D eigenvalue weighted by atomic mass is 10.0. The lowest BCUT2D eigenvalue weighted by Gasteiger charge is -2.15. The van der Waals surface area contributed by atoms with Gasteiger partial charge in [-0.1, -0.05) is 12.1 Å². The summed E-state index contributed by atoms with van der Waals surface area (Å²) in [5, 5.41) is 4.62. The van der Waals surface area contributed by atoms with Crippen LogP contribution in [0.15, 0.2) is 57.6 Å². The third kappa shape index (κ3) is 2.72. The number of furan rings is 1. The molecule has 5 nitrogen and oxygen atoms in total. The van der Waals surface area contributed by atoms with E-state index >= 15 is 0 Å². The van der Waals surface area contributed by atoms with E-state index in [1.807, 2.05) is 37.3 Å². The largest absolute Gasteiger partial charge is 0.450 e. The average molecular weight is 411 g/mol. The van der Waals surface area contributed by atoms with E-state index in [9.17, 15) is 9.59 Å². The van der Waals surface area contributed by atoms with Gasteiger partial charge in [0.25, 0.3) is 5.91 Å². The van der Waals surface area contributed by atoms with Crippen LogP contribution >= 0.6 is 15.9 Å². The number of carbonyl (C=O) groups excluding carboxylic acids is 2. The van der Waals surface area contributed by atoms with Crippen molar-refractivity contribution in [3.8, 4) is 0 Å². The molecule has 130 valence electrons. The summed E-state index contributed by atoms with van der Waals surface area (Å²) in [7, 11) is 0. The fraction of sp³-hybridized carbons (Fsp3) is 0.100. The Bertz CT molecular complexity index is 1070. The fourth-order valence-corrected chi connectivity index (χ4v) is 3.54. The molecule has 26 heavy (non-hydrogen) atoms. The normalized spacial score (nSPS) is 13.2. The summed E-state index contributed by atoms with van der Waals surface area (Å²) >= 11 is 3.22. The molecule has 2 heterocycles. The molecule has 2 aromatic carbocycles. The van der Waals surface area contributed by atoms with Gasteiger partial charge in [0.1, 0.15) is 5.76 Å². The van der Waals surface area contributed by atoms with E-state index in [1.54, 1.807) is 23.1 Å². The van der Waals surface area contributed by atoms with Gasteiger partial charge >= 0.3 is 0 Å². The molecule has 0 spiro atoms. The van der Waals surface area contributed by atoms with E-state index in [-0.39, 0.29) is 11.8 Å². The van der Waals surface area contributed by atoms with Crippen LogP contribution in [0.25, 0.3) is 16.8 Å². The Morgan fingerprint density at radius 3 is 2.81 bits per heavy atom. The smallest absolute Gasteiger partial charge is 0.258 e. The van der Waals surface area contributed by atoms with Crippen molar-refractivity contribution in [2.24, 2.45) is 0 Å². The highest BCUT2D eigenvalue weighted by Gasteiger charge is 2.29. The summed E-state index contributed by atoms with van der Waals surface area (Å²) in [6.07, 6.45) is 3.01. The Morgan fingerprint density at radius 1 is 1.23 bits per heavy atom. The topological polar surface area (TPSA) is 62.6 Å². The first-order valence-electron chi connectivity index (χ1n) is 8.20. The molecule has 0 fully saturated rings. The van der Waals surface area contributed by atoms with Crippen molar-refractivity contribution in [3.05, 3.63) is 64.5 Å². The standard InChI is InChI=1S/C20H15BrN2O3/c1-2-23-16-9-8-15(13-4-3-5-14(19(13)16)20(23)25)22-18(24)11-7-12-6-10-17(21)26-12/h3-11H,2H2,1H3,(H,22,24). The molecular formula is C20H15BrN2O3. The maximum atomic E-state index is 12.5. The number of amides is 2. The molecule has 0 bridgehead atoms. The van der Waals surface area contributed by atoms with Crippen LogP contribution in [-0.4, -0.2) is 18.4 Å². The Morgan fingerprint density at radius 2 is 2.08 bits per heavy atom. The molecule has 0 radical (unpaired) electrons. The average Bonchev–Trinajstić information content (AvgIpc) is 3.18. The van der Waals surface area contributed by atoms with Crippen LogP contribution in [0.5, 0.6) is 0 Å². The van der Waals surface area contributed by atoms with E-state index in [4.69, 9.17) is 4.42 Å². The number of carbonyl (C=O) groups is 2. The van der Waals surface area contributed by atoms with Crippen LogP contribution in [0.4, 0.5) is 11.4 Å². The summed E-state index contributed by atoms with van der Waals surface area (Å²) in [6, 6.07) is 12.8. The molecule has 1 aliphatic rings. The second-order valence-electron chi connectivity index (χ2n) is 5.87.